The van der Waals surface area contributed by atoms with Crippen molar-refractivity contribution in [2.45, 2.75) is 51.5 Å². The van der Waals surface area contributed by atoms with Gasteiger partial charge in [0.15, 0.2) is 12.4 Å². The van der Waals surface area contributed by atoms with E-state index < -0.39 is 0 Å². The highest BCUT2D eigenvalue weighted by molar-refractivity contribution is 5.48. The monoisotopic (exact) mass is 220 g/mol. The lowest BCUT2D eigenvalue weighted by Crippen LogP contribution is -2.32. The molecule has 1 heterocycles. The first-order valence-corrected chi connectivity index (χ1v) is 6.31. The molecule has 0 N–H and O–H groups in total. The third-order valence-corrected chi connectivity index (χ3v) is 2.77. The van der Waals surface area contributed by atoms with Crippen LogP contribution in [0.25, 0.3) is 0 Å². The Morgan fingerprint density at radius 3 is 2.12 bits per heavy atom. The van der Waals surface area contributed by atoms with Crippen LogP contribution in [0.3, 0.4) is 0 Å². The number of aryl methyl sites for hydroxylation is 1. The van der Waals surface area contributed by atoms with Gasteiger partial charge in [0.25, 0.3) is 0 Å². The molecule has 0 fully saturated rings. The molecule has 0 atom stereocenters. The summed E-state index contributed by atoms with van der Waals surface area (Å²) in [7, 11) is 0. The van der Waals surface area contributed by atoms with E-state index in [0.717, 1.165) is 25.7 Å². The molecule has 0 aliphatic carbocycles. The zero-order valence-electron chi connectivity index (χ0n) is 9.98. The summed E-state index contributed by atoms with van der Waals surface area (Å²) in [5.74, 6) is 0. The van der Waals surface area contributed by atoms with Gasteiger partial charge in [-0.1, -0.05) is 25.3 Å². The first kappa shape index (κ1) is 12.9. The van der Waals surface area contributed by atoms with E-state index in [0.29, 0.717) is 0 Å². The number of hydrogen-bond donors (Lipinski definition) is 0. The number of aromatic nitrogens is 1. The molecular formula is C14H22NO+. The lowest BCUT2D eigenvalue weighted by Gasteiger charge is -1.99. The number of carbonyl (C=O) groups is 1. The first-order chi connectivity index (χ1) is 7.93. The summed E-state index contributed by atoms with van der Waals surface area (Å²) < 4.78 is 2.23. The van der Waals surface area contributed by atoms with Crippen LogP contribution in [0.1, 0.15) is 44.9 Å². The van der Waals surface area contributed by atoms with Crippen molar-refractivity contribution in [3.05, 3.63) is 30.6 Å². The Hall–Kier alpha value is -1.18. The predicted molar refractivity (Wildman–Crippen MR) is 65.0 cm³/mol. The number of nitrogens with zero attached hydrogens (tertiary/aromatic N) is 1. The van der Waals surface area contributed by atoms with Gasteiger partial charge in [0.2, 0.25) is 0 Å². The Kier molecular flexibility index (Phi) is 7.31. The molecule has 0 saturated heterocycles. The zero-order valence-corrected chi connectivity index (χ0v) is 9.98. The van der Waals surface area contributed by atoms with Gasteiger partial charge >= 0.3 is 0 Å². The van der Waals surface area contributed by atoms with Crippen molar-refractivity contribution in [2.75, 3.05) is 0 Å². The molecule has 1 aromatic rings. The van der Waals surface area contributed by atoms with Crippen LogP contribution >= 0.6 is 0 Å². The van der Waals surface area contributed by atoms with E-state index in [1.54, 1.807) is 0 Å². The number of aldehydes is 1. The molecule has 16 heavy (non-hydrogen) atoms. The van der Waals surface area contributed by atoms with Gasteiger partial charge in [-0.05, 0) is 12.8 Å². The maximum absolute atomic E-state index is 10.1. The van der Waals surface area contributed by atoms with E-state index >= 15 is 0 Å². The summed E-state index contributed by atoms with van der Waals surface area (Å²) in [6, 6.07) is 6.18. The summed E-state index contributed by atoms with van der Waals surface area (Å²) in [6.07, 6.45) is 13.4. The van der Waals surface area contributed by atoms with Gasteiger partial charge in [0.1, 0.15) is 12.8 Å². The van der Waals surface area contributed by atoms with Crippen molar-refractivity contribution in [3.63, 3.8) is 0 Å². The minimum Gasteiger partial charge on any atom is -0.303 e. The molecule has 1 rings (SSSR count). The molecule has 0 spiro atoms. The van der Waals surface area contributed by atoms with E-state index in [-0.39, 0.29) is 0 Å². The van der Waals surface area contributed by atoms with E-state index in [1.807, 2.05) is 6.07 Å². The van der Waals surface area contributed by atoms with Crippen molar-refractivity contribution >= 4 is 6.29 Å². The molecule has 0 aliphatic heterocycles. The van der Waals surface area contributed by atoms with Crippen molar-refractivity contribution in [1.82, 2.24) is 0 Å². The largest absolute Gasteiger partial charge is 0.303 e. The van der Waals surface area contributed by atoms with Gasteiger partial charge in [-0.3, -0.25) is 0 Å². The normalized spacial score (nSPS) is 10.2. The van der Waals surface area contributed by atoms with Gasteiger partial charge in [-0.25, -0.2) is 4.57 Å². The summed E-state index contributed by atoms with van der Waals surface area (Å²) in [5, 5.41) is 0. The van der Waals surface area contributed by atoms with E-state index in [4.69, 9.17) is 0 Å². The van der Waals surface area contributed by atoms with Gasteiger partial charge in [-0.15, -0.1) is 0 Å². The van der Waals surface area contributed by atoms with Crippen LogP contribution in [-0.2, 0) is 11.3 Å². The van der Waals surface area contributed by atoms with Crippen molar-refractivity contribution in [1.29, 1.82) is 0 Å². The Morgan fingerprint density at radius 2 is 1.44 bits per heavy atom. The minimum absolute atomic E-state index is 0.736. The standard InChI is InChI=1S/C14H22NO/c16-14-10-5-3-1-2-4-7-11-15-12-8-6-9-13-15/h6,8-9,12-14H,1-5,7,10-11H2/q+1. The molecule has 0 amide bonds. The second-order valence-corrected chi connectivity index (χ2v) is 4.19. The van der Waals surface area contributed by atoms with Crippen LogP contribution in [-0.4, -0.2) is 6.29 Å². The summed E-state index contributed by atoms with van der Waals surface area (Å²) in [4.78, 5) is 10.1. The van der Waals surface area contributed by atoms with Crippen LogP contribution in [0.2, 0.25) is 0 Å². The molecule has 0 bridgehead atoms. The van der Waals surface area contributed by atoms with Crippen LogP contribution in [0, 0.1) is 0 Å². The van der Waals surface area contributed by atoms with Crippen LogP contribution in [0.5, 0.6) is 0 Å². The Labute approximate surface area is 98.3 Å². The minimum atomic E-state index is 0.736. The number of carbonyl (C=O) groups excluding carboxylic acids is 1. The smallest absolute Gasteiger partial charge is 0.168 e. The molecule has 2 heteroatoms. The average Bonchev–Trinajstić information content (AvgIpc) is 2.34. The van der Waals surface area contributed by atoms with Gasteiger partial charge < -0.3 is 4.79 Å². The fourth-order valence-electron chi connectivity index (χ4n) is 1.81. The van der Waals surface area contributed by atoms with Crippen LogP contribution in [0.15, 0.2) is 30.6 Å². The number of unbranched alkanes of at least 4 members (excludes halogenated alkanes) is 6. The fourth-order valence-corrected chi connectivity index (χ4v) is 1.81. The SMILES string of the molecule is O=CCCCCCCCC[n+]1ccccc1. The molecule has 0 saturated carbocycles. The molecule has 0 unspecified atom stereocenters. The molecule has 88 valence electrons. The molecule has 0 radical (unpaired) electrons. The summed E-state index contributed by atoms with van der Waals surface area (Å²) >= 11 is 0. The van der Waals surface area contributed by atoms with Gasteiger partial charge in [0.05, 0.1) is 0 Å². The van der Waals surface area contributed by atoms with Crippen molar-refractivity contribution in [2.24, 2.45) is 0 Å². The third kappa shape index (κ3) is 6.33. The zero-order chi connectivity index (χ0) is 11.5. The Balaban J connectivity index is 1.90. The molecule has 2 nitrogen and oxygen atoms in total. The maximum atomic E-state index is 10.1. The second-order valence-electron chi connectivity index (χ2n) is 4.19. The van der Waals surface area contributed by atoms with E-state index in [2.05, 4.69) is 29.1 Å². The lowest BCUT2D eigenvalue weighted by atomic mass is 10.1. The maximum Gasteiger partial charge on any atom is 0.168 e. The van der Waals surface area contributed by atoms with E-state index in [1.165, 1.54) is 32.1 Å². The Morgan fingerprint density at radius 1 is 0.812 bits per heavy atom. The molecule has 0 aliphatic rings. The highest BCUT2D eigenvalue weighted by Gasteiger charge is 1.97. The third-order valence-electron chi connectivity index (χ3n) is 2.77. The second kappa shape index (κ2) is 9.08. The van der Waals surface area contributed by atoms with Gasteiger partial charge in [0, 0.05) is 25.0 Å². The quantitative estimate of drug-likeness (QED) is 0.356. The van der Waals surface area contributed by atoms with Gasteiger partial charge in [-0.2, -0.15) is 0 Å². The predicted octanol–water partition coefficient (Wildman–Crippen LogP) is 2.90. The molecule has 0 aromatic carbocycles. The lowest BCUT2D eigenvalue weighted by molar-refractivity contribution is -0.697. The van der Waals surface area contributed by atoms with Crippen LogP contribution < -0.4 is 4.57 Å². The topological polar surface area (TPSA) is 20.9 Å². The summed E-state index contributed by atoms with van der Waals surface area (Å²) in [5.41, 5.74) is 0. The van der Waals surface area contributed by atoms with Crippen molar-refractivity contribution < 1.29 is 9.36 Å². The van der Waals surface area contributed by atoms with E-state index in [9.17, 15) is 4.79 Å². The number of pyridine rings is 1. The Bertz CT molecular complexity index is 271. The number of rotatable bonds is 9. The summed E-state index contributed by atoms with van der Waals surface area (Å²) in [6.45, 7) is 1.12. The fraction of sp³-hybridized carbons (Fsp3) is 0.571. The number of hydrogen-bond acceptors (Lipinski definition) is 1. The first-order valence-electron chi connectivity index (χ1n) is 6.31. The highest BCUT2D eigenvalue weighted by atomic mass is 16.1. The molecular weight excluding hydrogens is 198 g/mol. The highest BCUT2D eigenvalue weighted by Crippen LogP contribution is 2.06. The van der Waals surface area contributed by atoms with Crippen LogP contribution in [0.4, 0.5) is 0 Å². The average molecular weight is 220 g/mol. The van der Waals surface area contributed by atoms with Crippen molar-refractivity contribution in [3.8, 4) is 0 Å². The molecule has 1 aromatic heterocycles.